The Labute approximate surface area is 216 Å². The first-order valence-electron chi connectivity index (χ1n) is 12.6. The van der Waals surface area contributed by atoms with Gasteiger partial charge in [-0.15, -0.1) is 0 Å². The third-order valence-electron chi connectivity index (χ3n) is 8.25. The largest absolute Gasteiger partial charge is 0.455 e. The molecular weight excluding hydrogens is 476 g/mol. The van der Waals surface area contributed by atoms with E-state index in [4.69, 9.17) is 9.47 Å². The molecular formula is C29H34O8. The summed E-state index contributed by atoms with van der Waals surface area (Å²) < 4.78 is 11.2. The first-order valence-corrected chi connectivity index (χ1v) is 12.6. The van der Waals surface area contributed by atoms with E-state index in [1.807, 2.05) is 30.3 Å². The highest BCUT2D eigenvalue weighted by atomic mass is 16.6. The molecule has 8 heteroatoms. The van der Waals surface area contributed by atoms with Crippen LogP contribution in [0.15, 0.2) is 59.7 Å². The highest BCUT2D eigenvalue weighted by Gasteiger charge is 2.59. The second-order valence-corrected chi connectivity index (χ2v) is 10.4. The number of rotatable bonds is 4. The van der Waals surface area contributed by atoms with Crippen molar-refractivity contribution in [2.45, 2.75) is 70.1 Å². The van der Waals surface area contributed by atoms with Crippen molar-refractivity contribution in [3.05, 3.63) is 65.3 Å². The first-order chi connectivity index (χ1) is 17.5. The molecule has 0 radical (unpaired) electrons. The molecule has 3 unspecified atom stereocenters. The van der Waals surface area contributed by atoms with Gasteiger partial charge in [0.1, 0.15) is 17.8 Å². The molecule has 8 nitrogen and oxygen atoms in total. The molecule has 2 saturated carbocycles. The standard InChI is InChI=1S/C29H34O8/c1-15-21(31)14-29(35)17(3)24(15)27(36-18(4)30)26(33)20-11-12-22(16(2)25(20)28(29)34)37-23(32)13-10-19-8-6-5-7-9-19/h5-10,13,17,20,22,25-28,33-35H,2,11-12,14H2,1,3-4H3/b13-10+/t17-,20?,22-,25+,26+,27?,28-,29?/m0/s1. The molecule has 0 amide bonds. The van der Waals surface area contributed by atoms with Crippen LogP contribution in [0.3, 0.4) is 0 Å². The number of aliphatic hydroxyl groups excluding tert-OH is 2. The predicted molar refractivity (Wildman–Crippen MR) is 135 cm³/mol. The molecule has 198 valence electrons. The number of benzene rings is 1. The van der Waals surface area contributed by atoms with Gasteiger partial charge >= 0.3 is 11.9 Å². The number of aliphatic hydroxyl groups is 3. The van der Waals surface area contributed by atoms with Crippen molar-refractivity contribution in [1.29, 1.82) is 0 Å². The topological polar surface area (TPSA) is 130 Å². The zero-order valence-electron chi connectivity index (χ0n) is 21.3. The Bertz CT molecular complexity index is 1150. The lowest BCUT2D eigenvalue weighted by Gasteiger charge is -2.54. The molecule has 0 spiro atoms. The van der Waals surface area contributed by atoms with E-state index in [-0.39, 0.29) is 6.42 Å². The number of fused-ring (bicyclic) bond motifs is 3. The van der Waals surface area contributed by atoms with E-state index < -0.39 is 65.5 Å². The van der Waals surface area contributed by atoms with E-state index in [1.54, 1.807) is 19.9 Å². The van der Waals surface area contributed by atoms with Crippen LogP contribution in [0.4, 0.5) is 0 Å². The van der Waals surface area contributed by atoms with Crippen LogP contribution in [0, 0.1) is 17.8 Å². The summed E-state index contributed by atoms with van der Waals surface area (Å²) in [6, 6.07) is 9.26. The number of carbonyl (C=O) groups excluding carboxylic acids is 3. The van der Waals surface area contributed by atoms with Crippen molar-refractivity contribution in [2.75, 3.05) is 0 Å². The Kier molecular flexibility index (Phi) is 7.55. The zero-order valence-corrected chi connectivity index (χ0v) is 21.3. The number of hydrogen-bond donors (Lipinski definition) is 3. The summed E-state index contributed by atoms with van der Waals surface area (Å²) in [4.78, 5) is 37.5. The molecule has 1 aromatic rings. The van der Waals surface area contributed by atoms with E-state index in [2.05, 4.69) is 6.58 Å². The summed E-state index contributed by atoms with van der Waals surface area (Å²) in [7, 11) is 0. The molecule has 0 aromatic heterocycles. The van der Waals surface area contributed by atoms with Gasteiger partial charge in [-0.3, -0.25) is 9.59 Å². The third kappa shape index (κ3) is 4.93. The van der Waals surface area contributed by atoms with Crippen LogP contribution in [0.25, 0.3) is 6.08 Å². The fourth-order valence-electron chi connectivity index (χ4n) is 6.21. The fraction of sp³-hybridized carbons (Fsp3) is 0.483. The van der Waals surface area contributed by atoms with Gasteiger partial charge in [-0.05, 0) is 54.0 Å². The second-order valence-electron chi connectivity index (χ2n) is 10.4. The van der Waals surface area contributed by atoms with Gasteiger partial charge in [-0.25, -0.2) is 4.79 Å². The van der Waals surface area contributed by atoms with Crippen LogP contribution in [-0.2, 0) is 23.9 Å². The van der Waals surface area contributed by atoms with Crippen LogP contribution >= 0.6 is 0 Å². The van der Waals surface area contributed by atoms with Crippen molar-refractivity contribution < 1.29 is 39.2 Å². The van der Waals surface area contributed by atoms with Crippen molar-refractivity contribution in [1.82, 2.24) is 0 Å². The monoisotopic (exact) mass is 510 g/mol. The first kappa shape index (κ1) is 27.0. The average Bonchev–Trinajstić information content (AvgIpc) is 2.86. The van der Waals surface area contributed by atoms with E-state index in [1.165, 1.54) is 13.0 Å². The number of Topliss-reactive ketones (excluding diaryl/α,β-unsaturated/α-hetero) is 1. The maximum Gasteiger partial charge on any atom is 0.331 e. The molecule has 0 heterocycles. The molecule has 1 aromatic carbocycles. The predicted octanol–water partition coefficient (Wildman–Crippen LogP) is 2.52. The number of hydrogen-bond acceptors (Lipinski definition) is 8. The van der Waals surface area contributed by atoms with Crippen LogP contribution in [-0.4, -0.2) is 63.1 Å². The van der Waals surface area contributed by atoms with Crippen molar-refractivity contribution in [3.8, 4) is 0 Å². The van der Waals surface area contributed by atoms with Gasteiger partial charge < -0.3 is 24.8 Å². The minimum atomic E-state index is -1.88. The molecule has 3 aliphatic carbocycles. The average molecular weight is 511 g/mol. The Hall–Kier alpha value is -3.07. The van der Waals surface area contributed by atoms with Gasteiger partial charge in [-0.2, -0.15) is 0 Å². The molecule has 0 saturated heterocycles. The van der Waals surface area contributed by atoms with Crippen LogP contribution < -0.4 is 0 Å². The van der Waals surface area contributed by atoms with Gasteiger partial charge in [0.15, 0.2) is 5.78 Å². The van der Waals surface area contributed by atoms with E-state index >= 15 is 0 Å². The number of ether oxygens (including phenoxy) is 2. The van der Waals surface area contributed by atoms with Gasteiger partial charge in [0.25, 0.3) is 0 Å². The van der Waals surface area contributed by atoms with Gasteiger partial charge in [0, 0.05) is 31.3 Å². The number of allylic oxidation sites excluding steroid dienone is 1. The lowest BCUT2D eigenvalue weighted by atomic mass is 9.57. The molecule has 2 fully saturated rings. The summed E-state index contributed by atoms with van der Waals surface area (Å²) in [6.07, 6.45) is -1.42. The summed E-state index contributed by atoms with van der Waals surface area (Å²) in [5, 5.41) is 34.7. The Morgan fingerprint density at radius 3 is 2.46 bits per heavy atom. The van der Waals surface area contributed by atoms with E-state index in [0.29, 0.717) is 29.6 Å². The lowest BCUT2D eigenvalue weighted by molar-refractivity contribution is -0.185. The van der Waals surface area contributed by atoms with Crippen molar-refractivity contribution in [3.63, 3.8) is 0 Å². The van der Waals surface area contributed by atoms with Gasteiger partial charge in [-0.1, -0.05) is 43.8 Å². The molecule has 3 aliphatic rings. The highest BCUT2D eigenvalue weighted by molar-refractivity contribution is 5.98. The molecule has 2 bridgehead atoms. The van der Waals surface area contributed by atoms with Crippen molar-refractivity contribution >= 4 is 23.8 Å². The quantitative estimate of drug-likeness (QED) is 0.320. The maximum absolute atomic E-state index is 12.9. The molecule has 0 aliphatic heterocycles. The molecule has 37 heavy (non-hydrogen) atoms. The Morgan fingerprint density at radius 1 is 1.14 bits per heavy atom. The zero-order chi connectivity index (χ0) is 27.1. The molecule has 3 N–H and O–H groups in total. The third-order valence-corrected chi connectivity index (χ3v) is 8.25. The summed E-state index contributed by atoms with van der Waals surface area (Å²) in [6.45, 7) is 8.55. The minimum absolute atomic E-state index is 0.310. The highest BCUT2D eigenvalue weighted by Crippen LogP contribution is 2.51. The SMILES string of the molecule is C=C1[C@@H](OC(=O)/C=C/c2ccccc2)CCC2[C@@H](O)C(OC(C)=O)C3=C(C)C(=O)CC(O)([C@H]3C)[C@@H](O)[C@H]12. The smallest absolute Gasteiger partial charge is 0.331 e. The fourth-order valence-corrected chi connectivity index (χ4v) is 6.21. The van der Waals surface area contributed by atoms with E-state index in [9.17, 15) is 29.7 Å². The molecule has 4 rings (SSSR count). The van der Waals surface area contributed by atoms with Crippen molar-refractivity contribution in [2.24, 2.45) is 17.8 Å². The van der Waals surface area contributed by atoms with Crippen LogP contribution in [0.2, 0.25) is 0 Å². The van der Waals surface area contributed by atoms with Gasteiger partial charge in [0.05, 0.1) is 12.2 Å². The minimum Gasteiger partial charge on any atom is -0.455 e. The van der Waals surface area contributed by atoms with E-state index in [0.717, 1.165) is 5.56 Å². The summed E-state index contributed by atoms with van der Waals surface area (Å²) in [5.74, 6) is -3.97. The normalized spacial score (nSPS) is 36.0. The summed E-state index contributed by atoms with van der Waals surface area (Å²) >= 11 is 0. The number of ketones is 1. The summed E-state index contributed by atoms with van der Waals surface area (Å²) in [5.41, 5.74) is -0.0675. The Balaban J connectivity index is 1.66. The van der Waals surface area contributed by atoms with Crippen LogP contribution in [0.1, 0.15) is 45.6 Å². The second kappa shape index (κ2) is 10.4. The lowest BCUT2D eigenvalue weighted by Crippen LogP contribution is -2.63. The number of esters is 2. The Morgan fingerprint density at radius 2 is 1.81 bits per heavy atom. The van der Waals surface area contributed by atoms with Gasteiger partial charge in [0.2, 0.25) is 0 Å². The van der Waals surface area contributed by atoms with Crippen LogP contribution in [0.5, 0.6) is 0 Å². The maximum atomic E-state index is 12.9. The molecule has 8 atom stereocenters. The number of carbonyl (C=O) groups is 3.